The molecular weight excluding hydrogens is 224 g/mol. The summed E-state index contributed by atoms with van der Waals surface area (Å²) in [4.78, 5) is 0. The van der Waals surface area contributed by atoms with Crippen molar-refractivity contribution in [3.8, 4) is 0 Å². The Morgan fingerprint density at radius 2 is 1.44 bits per heavy atom. The van der Waals surface area contributed by atoms with Gasteiger partial charge in [0.05, 0.1) is 13.2 Å². The van der Waals surface area contributed by atoms with E-state index in [1.807, 2.05) is 0 Å². The first-order valence-corrected chi connectivity index (χ1v) is 8.11. The fraction of sp³-hybridized carbons (Fsp3) is 1.00. The summed E-state index contributed by atoms with van der Waals surface area (Å²) in [5, 5.41) is 0. The van der Waals surface area contributed by atoms with Crippen molar-refractivity contribution >= 4 is 0 Å². The predicted molar refractivity (Wildman–Crippen MR) is 76.7 cm³/mol. The average molecular weight is 256 g/mol. The van der Waals surface area contributed by atoms with Crippen LogP contribution in [0, 0.1) is 5.92 Å². The van der Waals surface area contributed by atoms with E-state index in [4.69, 9.17) is 9.47 Å². The molecule has 0 bridgehead atoms. The van der Waals surface area contributed by atoms with Crippen LogP contribution in [0.25, 0.3) is 0 Å². The molecule has 0 N–H and O–H groups in total. The van der Waals surface area contributed by atoms with Crippen LogP contribution >= 0.6 is 0 Å². The van der Waals surface area contributed by atoms with Crippen LogP contribution < -0.4 is 0 Å². The number of hydrogen-bond acceptors (Lipinski definition) is 2. The van der Waals surface area contributed by atoms with Crippen LogP contribution in [0.5, 0.6) is 0 Å². The van der Waals surface area contributed by atoms with Crippen LogP contribution in [0.4, 0.5) is 0 Å². The molecule has 0 aromatic carbocycles. The van der Waals surface area contributed by atoms with Gasteiger partial charge in [-0.25, -0.2) is 0 Å². The van der Waals surface area contributed by atoms with Gasteiger partial charge in [0.25, 0.3) is 0 Å². The molecule has 0 aromatic heterocycles. The molecule has 1 aliphatic heterocycles. The van der Waals surface area contributed by atoms with Gasteiger partial charge in [-0.3, -0.25) is 0 Å². The van der Waals surface area contributed by atoms with E-state index in [0.29, 0.717) is 5.92 Å². The summed E-state index contributed by atoms with van der Waals surface area (Å²) in [5.74, 6) is 0.631. The van der Waals surface area contributed by atoms with Crippen molar-refractivity contribution in [3.63, 3.8) is 0 Å². The summed E-state index contributed by atoms with van der Waals surface area (Å²) < 4.78 is 11.6. The largest absolute Gasteiger partial charge is 0.352 e. The summed E-state index contributed by atoms with van der Waals surface area (Å²) >= 11 is 0. The highest BCUT2D eigenvalue weighted by Gasteiger charge is 2.24. The van der Waals surface area contributed by atoms with E-state index in [0.717, 1.165) is 19.6 Å². The first-order valence-electron chi connectivity index (χ1n) is 8.11. The zero-order valence-corrected chi connectivity index (χ0v) is 12.5. The molecular formula is C16H32O2. The minimum Gasteiger partial charge on any atom is -0.352 e. The molecule has 108 valence electrons. The second-order valence-electron chi connectivity index (χ2n) is 5.57. The molecule has 0 saturated carbocycles. The van der Waals surface area contributed by atoms with Crippen molar-refractivity contribution in [2.45, 2.75) is 84.3 Å². The Morgan fingerprint density at radius 3 is 2.11 bits per heavy atom. The first kappa shape index (κ1) is 16.0. The lowest BCUT2D eigenvalue weighted by atomic mass is 9.94. The maximum atomic E-state index is 5.79. The molecule has 1 fully saturated rings. The number of rotatable bonds is 10. The summed E-state index contributed by atoms with van der Waals surface area (Å²) in [6.07, 6.45) is 13.1. The smallest absolute Gasteiger partial charge is 0.160 e. The van der Waals surface area contributed by atoms with E-state index in [-0.39, 0.29) is 6.29 Å². The lowest BCUT2D eigenvalue weighted by molar-refractivity contribution is -0.207. The molecule has 2 heteroatoms. The maximum Gasteiger partial charge on any atom is 0.160 e. The van der Waals surface area contributed by atoms with Gasteiger partial charge in [0, 0.05) is 5.92 Å². The molecule has 1 saturated heterocycles. The lowest BCUT2D eigenvalue weighted by Gasteiger charge is -2.30. The number of unbranched alkanes of at least 4 members (excludes halogenated alkanes) is 5. The Hall–Kier alpha value is -0.0800. The molecule has 0 aliphatic carbocycles. The van der Waals surface area contributed by atoms with Gasteiger partial charge in [-0.05, 0) is 19.3 Å². The highest BCUT2D eigenvalue weighted by atomic mass is 16.7. The van der Waals surface area contributed by atoms with Crippen molar-refractivity contribution < 1.29 is 9.47 Å². The molecule has 1 rings (SSSR count). The van der Waals surface area contributed by atoms with Crippen molar-refractivity contribution in [2.75, 3.05) is 13.2 Å². The lowest BCUT2D eigenvalue weighted by Crippen LogP contribution is -2.32. The monoisotopic (exact) mass is 256 g/mol. The fourth-order valence-electron chi connectivity index (χ4n) is 2.67. The summed E-state index contributed by atoms with van der Waals surface area (Å²) in [7, 11) is 0. The van der Waals surface area contributed by atoms with E-state index in [1.165, 1.54) is 57.8 Å². The fourth-order valence-corrected chi connectivity index (χ4v) is 2.67. The highest BCUT2D eigenvalue weighted by molar-refractivity contribution is 4.66. The van der Waals surface area contributed by atoms with Gasteiger partial charge in [-0.2, -0.15) is 0 Å². The van der Waals surface area contributed by atoms with Gasteiger partial charge in [0.2, 0.25) is 0 Å². The molecule has 0 aromatic rings. The zero-order chi connectivity index (χ0) is 13.1. The van der Waals surface area contributed by atoms with Crippen molar-refractivity contribution in [3.05, 3.63) is 0 Å². The van der Waals surface area contributed by atoms with Crippen LogP contribution in [-0.4, -0.2) is 19.5 Å². The Balaban J connectivity index is 2.21. The van der Waals surface area contributed by atoms with Crippen molar-refractivity contribution in [2.24, 2.45) is 5.92 Å². The van der Waals surface area contributed by atoms with Crippen molar-refractivity contribution in [1.82, 2.24) is 0 Å². The van der Waals surface area contributed by atoms with Gasteiger partial charge in [-0.15, -0.1) is 0 Å². The quantitative estimate of drug-likeness (QED) is 0.517. The van der Waals surface area contributed by atoms with E-state index < -0.39 is 0 Å². The second-order valence-corrected chi connectivity index (χ2v) is 5.57. The summed E-state index contributed by atoms with van der Waals surface area (Å²) in [5.41, 5.74) is 0. The molecule has 1 aliphatic rings. The third-order valence-corrected chi connectivity index (χ3v) is 3.84. The number of hydrogen-bond donors (Lipinski definition) is 0. The van der Waals surface area contributed by atoms with Crippen molar-refractivity contribution in [1.29, 1.82) is 0 Å². The van der Waals surface area contributed by atoms with Crippen LogP contribution in [0.2, 0.25) is 0 Å². The minimum atomic E-state index is 0.0940. The third-order valence-electron chi connectivity index (χ3n) is 3.84. The van der Waals surface area contributed by atoms with Gasteiger partial charge < -0.3 is 9.47 Å². The normalized spacial score (nSPS) is 19.0. The predicted octanol–water partition coefficient (Wildman–Crippen LogP) is 4.92. The number of ether oxygens (including phenoxy) is 2. The molecule has 18 heavy (non-hydrogen) atoms. The molecule has 0 amide bonds. The van der Waals surface area contributed by atoms with Crippen LogP contribution in [0.3, 0.4) is 0 Å². The Morgan fingerprint density at radius 1 is 0.833 bits per heavy atom. The van der Waals surface area contributed by atoms with Gasteiger partial charge in [0.1, 0.15) is 0 Å². The topological polar surface area (TPSA) is 18.5 Å². The van der Waals surface area contributed by atoms with Crippen LogP contribution in [-0.2, 0) is 9.47 Å². The second kappa shape index (κ2) is 10.8. The maximum absolute atomic E-state index is 5.79. The van der Waals surface area contributed by atoms with Gasteiger partial charge >= 0.3 is 0 Å². The summed E-state index contributed by atoms with van der Waals surface area (Å²) in [6, 6.07) is 0. The summed E-state index contributed by atoms with van der Waals surface area (Å²) in [6.45, 7) is 6.32. The van der Waals surface area contributed by atoms with E-state index in [1.54, 1.807) is 0 Å². The van der Waals surface area contributed by atoms with Gasteiger partial charge in [-0.1, -0.05) is 58.8 Å². The molecule has 1 atom stereocenters. The standard InChI is InChI=1S/C16H32O2/c1-3-5-7-8-9-12-15(11-6-4-2)16-17-13-10-14-18-16/h15-16H,3-14H2,1-2H3. The molecule has 1 heterocycles. The average Bonchev–Trinajstić information content (AvgIpc) is 2.43. The zero-order valence-electron chi connectivity index (χ0n) is 12.5. The Labute approximate surface area is 113 Å². The van der Waals surface area contributed by atoms with E-state index in [9.17, 15) is 0 Å². The molecule has 0 spiro atoms. The van der Waals surface area contributed by atoms with E-state index in [2.05, 4.69) is 13.8 Å². The molecule has 2 nitrogen and oxygen atoms in total. The minimum absolute atomic E-state index is 0.0940. The van der Waals surface area contributed by atoms with Crippen LogP contribution in [0.1, 0.15) is 78.1 Å². The molecule has 0 radical (unpaired) electrons. The highest BCUT2D eigenvalue weighted by Crippen LogP contribution is 2.25. The van der Waals surface area contributed by atoms with Crippen LogP contribution in [0.15, 0.2) is 0 Å². The SMILES string of the molecule is CCCCCCCC(CCCC)C1OCCCO1. The first-order chi connectivity index (χ1) is 8.88. The third kappa shape index (κ3) is 6.75. The van der Waals surface area contributed by atoms with Gasteiger partial charge in [0.15, 0.2) is 6.29 Å². The Bertz CT molecular complexity index is 176. The molecule has 1 unspecified atom stereocenters. The Kier molecular flexibility index (Phi) is 9.59. The van der Waals surface area contributed by atoms with E-state index >= 15 is 0 Å².